The minimum Gasteiger partial charge on any atom is -0.494 e. The first-order chi connectivity index (χ1) is 7.68. The molecule has 1 heteroatoms. The maximum atomic E-state index is 5.78. The Morgan fingerprint density at radius 2 is 2.00 bits per heavy atom. The van der Waals surface area contributed by atoms with Crippen LogP contribution in [0.1, 0.15) is 40.0 Å². The van der Waals surface area contributed by atoms with E-state index < -0.39 is 0 Å². The number of hydrogen-bond donors (Lipinski definition) is 0. The van der Waals surface area contributed by atoms with Crippen LogP contribution in [0.2, 0.25) is 0 Å². The summed E-state index contributed by atoms with van der Waals surface area (Å²) in [6.07, 6.45) is 12.6. The average molecular weight is 220 g/mol. The molecule has 0 N–H and O–H groups in total. The second kappa shape index (κ2) is 5.07. The zero-order valence-electron chi connectivity index (χ0n) is 10.7. The van der Waals surface area contributed by atoms with Crippen molar-refractivity contribution < 1.29 is 4.74 Å². The van der Waals surface area contributed by atoms with Crippen molar-refractivity contribution in [1.82, 2.24) is 0 Å². The lowest BCUT2D eigenvalue weighted by atomic mass is 9.68. The fourth-order valence-corrected chi connectivity index (χ4v) is 3.30. The van der Waals surface area contributed by atoms with Crippen LogP contribution < -0.4 is 0 Å². The fraction of sp³-hybridized carbons (Fsp3) is 0.733. The van der Waals surface area contributed by atoms with E-state index in [0.29, 0.717) is 12.0 Å². The van der Waals surface area contributed by atoms with Crippen molar-refractivity contribution in [3.8, 4) is 0 Å². The maximum absolute atomic E-state index is 5.78. The third kappa shape index (κ3) is 2.50. The van der Waals surface area contributed by atoms with Crippen LogP contribution in [0.5, 0.6) is 0 Å². The van der Waals surface area contributed by atoms with Gasteiger partial charge in [-0.05, 0) is 42.7 Å². The monoisotopic (exact) mass is 220 g/mol. The van der Waals surface area contributed by atoms with Crippen molar-refractivity contribution >= 4 is 0 Å². The Kier molecular flexibility index (Phi) is 3.73. The highest BCUT2D eigenvalue weighted by molar-refractivity contribution is 5.09. The Bertz CT molecular complexity index is 277. The van der Waals surface area contributed by atoms with E-state index in [1.165, 1.54) is 19.3 Å². The molecule has 0 saturated heterocycles. The van der Waals surface area contributed by atoms with Gasteiger partial charge in [0.25, 0.3) is 0 Å². The molecule has 0 radical (unpaired) electrons. The lowest BCUT2D eigenvalue weighted by Crippen LogP contribution is -2.36. The molecule has 0 spiro atoms. The molecular formula is C15H24O. The minimum atomic E-state index is 0.320. The Hall–Kier alpha value is -0.720. The summed E-state index contributed by atoms with van der Waals surface area (Å²) in [4.78, 5) is 0. The van der Waals surface area contributed by atoms with Crippen LogP contribution in [-0.4, -0.2) is 6.10 Å². The highest BCUT2D eigenvalue weighted by Crippen LogP contribution is 2.41. The molecule has 1 nitrogen and oxygen atoms in total. The first-order valence-corrected chi connectivity index (χ1v) is 6.67. The summed E-state index contributed by atoms with van der Waals surface area (Å²) in [6.45, 7) is 7.10. The molecular weight excluding hydrogens is 196 g/mol. The third-order valence-corrected chi connectivity index (χ3v) is 4.22. The van der Waals surface area contributed by atoms with E-state index in [4.69, 9.17) is 4.74 Å². The smallest absolute Gasteiger partial charge is 0.119 e. The van der Waals surface area contributed by atoms with Gasteiger partial charge < -0.3 is 4.74 Å². The summed E-state index contributed by atoms with van der Waals surface area (Å²) in [5, 5.41) is 0. The molecule has 16 heavy (non-hydrogen) atoms. The van der Waals surface area contributed by atoms with Gasteiger partial charge in [0.1, 0.15) is 6.10 Å². The second-order valence-electron chi connectivity index (χ2n) is 5.80. The molecule has 1 aliphatic heterocycles. The second-order valence-corrected chi connectivity index (χ2v) is 5.80. The van der Waals surface area contributed by atoms with E-state index in [9.17, 15) is 0 Å². The Labute approximate surface area is 99.6 Å². The Morgan fingerprint density at radius 3 is 2.62 bits per heavy atom. The van der Waals surface area contributed by atoms with E-state index in [-0.39, 0.29) is 0 Å². The quantitative estimate of drug-likeness (QED) is 0.679. The van der Waals surface area contributed by atoms with Crippen molar-refractivity contribution in [3.63, 3.8) is 0 Å². The summed E-state index contributed by atoms with van der Waals surface area (Å²) in [5.41, 5.74) is 0. The normalized spacial score (nSPS) is 38.8. The highest BCUT2D eigenvalue weighted by Gasteiger charge is 2.35. The third-order valence-electron chi connectivity index (χ3n) is 4.22. The number of ether oxygens (including phenoxy) is 1. The fourth-order valence-electron chi connectivity index (χ4n) is 3.30. The predicted octanol–water partition coefficient (Wildman–Crippen LogP) is 4.16. The maximum Gasteiger partial charge on any atom is 0.119 e. The average Bonchev–Trinajstić information content (AvgIpc) is 2.29. The lowest BCUT2D eigenvalue weighted by molar-refractivity contribution is 0.0311. The van der Waals surface area contributed by atoms with Crippen LogP contribution in [0.3, 0.4) is 0 Å². The first-order valence-electron chi connectivity index (χ1n) is 6.67. The molecule has 4 atom stereocenters. The molecule has 4 unspecified atom stereocenters. The summed E-state index contributed by atoms with van der Waals surface area (Å²) >= 11 is 0. The molecule has 90 valence electrons. The lowest BCUT2D eigenvalue weighted by Gasteiger charge is -2.40. The predicted molar refractivity (Wildman–Crippen MR) is 68.0 cm³/mol. The van der Waals surface area contributed by atoms with Crippen molar-refractivity contribution in [2.75, 3.05) is 0 Å². The molecule has 2 rings (SSSR count). The number of hydrogen-bond acceptors (Lipinski definition) is 1. The Balaban J connectivity index is 2.07. The van der Waals surface area contributed by atoms with Crippen molar-refractivity contribution in [2.24, 2.45) is 23.7 Å². The van der Waals surface area contributed by atoms with Gasteiger partial charge in [0.15, 0.2) is 0 Å². The topological polar surface area (TPSA) is 9.23 Å². The van der Waals surface area contributed by atoms with Crippen molar-refractivity contribution in [2.45, 2.75) is 46.1 Å². The summed E-state index contributed by atoms with van der Waals surface area (Å²) < 4.78 is 5.78. The van der Waals surface area contributed by atoms with E-state index >= 15 is 0 Å². The standard InChI is InChI=1S/C15H24O/c1-11(2)13-8-7-12(3)10-14(13)15-6-4-5-9-16-15/h4-6,9,11-15H,7-8,10H2,1-3H3. The summed E-state index contributed by atoms with van der Waals surface area (Å²) in [5.74, 6) is 3.19. The van der Waals surface area contributed by atoms with Gasteiger partial charge in [0.05, 0.1) is 6.26 Å². The van der Waals surface area contributed by atoms with Gasteiger partial charge in [-0.1, -0.05) is 33.3 Å². The molecule has 0 aromatic heterocycles. The largest absolute Gasteiger partial charge is 0.494 e. The van der Waals surface area contributed by atoms with Gasteiger partial charge in [0, 0.05) is 5.92 Å². The van der Waals surface area contributed by atoms with Gasteiger partial charge in [-0.15, -0.1) is 0 Å². The molecule has 1 aliphatic carbocycles. The molecule has 1 heterocycles. The zero-order chi connectivity index (χ0) is 11.5. The van der Waals surface area contributed by atoms with Crippen LogP contribution >= 0.6 is 0 Å². The summed E-state index contributed by atoms with van der Waals surface area (Å²) in [6, 6.07) is 0. The molecule has 0 aromatic carbocycles. The number of allylic oxidation sites excluding steroid dienone is 2. The van der Waals surface area contributed by atoms with Gasteiger partial charge in [-0.2, -0.15) is 0 Å². The van der Waals surface area contributed by atoms with Crippen molar-refractivity contribution in [3.05, 3.63) is 24.5 Å². The van der Waals surface area contributed by atoms with Gasteiger partial charge in [-0.3, -0.25) is 0 Å². The van der Waals surface area contributed by atoms with Crippen molar-refractivity contribution in [1.29, 1.82) is 0 Å². The van der Waals surface area contributed by atoms with Crippen LogP contribution in [0.15, 0.2) is 24.5 Å². The molecule has 0 amide bonds. The SMILES string of the molecule is CC1CCC(C(C)C)C(C2C=CC=CO2)C1. The molecule has 0 bridgehead atoms. The van der Waals surface area contributed by atoms with Crippen LogP contribution in [0.4, 0.5) is 0 Å². The van der Waals surface area contributed by atoms with E-state index in [2.05, 4.69) is 32.9 Å². The molecule has 1 saturated carbocycles. The molecule has 1 fully saturated rings. The minimum absolute atomic E-state index is 0.320. The van der Waals surface area contributed by atoms with Crippen LogP contribution in [-0.2, 0) is 4.74 Å². The van der Waals surface area contributed by atoms with Gasteiger partial charge in [0.2, 0.25) is 0 Å². The van der Waals surface area contributed by atoms with Crippen LogP contribution in [0, 0.1) is 23.7 Å². The zero-order valence-corrected chi connectivity index (χ0v) is 10.7. The summed E-state index contributed by atoms with van der Waals surface area (Å²) in [7, 11) is 0. The van der Waals surface area contributed by atoms with E-state index in [0.717, 1.165) is 17.8 Å². The number of rotatable bonds is 2. The highest BCUT2D eigenvalue weighted by atomic mass is 16.5. The first kappa shape index (κ1) is 11.8. The van der Waals surface area contributed by atoms with Gasteiger partial charge >= 0.3 is 0 Å². The van der Waals surface area contributed by atoms with Crippen LogP contribution in [0.25, 0.3) is 0 Å². The molecule has 2 aliphatic rings. The van der Waals surface area contributed by atoms with E-state index in [1.807, 2.05) is 12.3 Å². The van der Waals surface area contributed by atoms with E-state index in [1.54, 1.807) is 0 Å². The van der Waals surface area contributed by atoms with Gasteiger partial charge in [-0.25, -0.2) is 0 Å². The Morgan fingerprint density at radius 1 is 1.19 bits per heavy atom. The molecule has 0 aromatic rings.